The fraction of sp³-hybridized carbons (Fsp3) is 0. The van der Waals surface area contributed by atoms with Gasteiger partial charge >= 0.3 is 0 Å². The van der Waals surface area contributed by atoms with Crippen LogP contribution in [0.1, 0.15) is 0 Å². The van der Waals surface area contributed by atoms with E-state index in [1.807, 2.05) is 66.9 Å². The second kappa shape index (κ2) is 9.71. The van der Waals surface area contributed by atoms with Crippen LogP contribution in [0.5, 0.6) is 0 Å². The Kier molecular flexibility index (Phi) is 5.40. The van der Waals surface area contributed by atoms with Crippen LogP contribution < -0.4 is 0 Å². The van der Waals surface area contributed by atoms with Gasteiger partial charge in [-0.1, -0.05) is 97.1 Å². The molecule has 0 aliphatic rings. The van der Waals surface area contributed by atoms with Crippen LogP contribution >= 0.6 is 0 Å². The highest BCUT2D eigenvalue weighted by molar-refractivity contribution is 6.14. The maximum Gasteiger partial charge on any atom is 0.162 e. The first kappa shape index (κ1) is 24.5. The molecule has 0 unspecified atom stereocenters. The van der Waals surface area contributed by atoms with Gasteiger partial charge in [-0.3, -0.25) is 9.55 Å². The summed E-state index contributed by atoms with van der Waals surface area (Å²) in [7, 11) is 0. The van der Waals surface area contributed by atoms with Gasteiger partial charge in [0.25, 0.3) is 0 Å². The van der Waals surface area contributed by atoms with Crippen LogP contribution in [0.2, 0.25) is 0 Å². The van der Waals surface area contributed by atoms with Crippen molar-refractivity contribution in [1.82, 2.24) is 29.1 Å². The number of fused-ring (bicyclic) bond motifs is 6. The summed E-state index contributed by atoms with van der Waals surface area (Å²) in [5.74, 6) is 1.42. The Labute approximate surface area is 252 Å². The van der Waals surface area contributed by atoms with E-state index in [9.17, 15) is 0 Å². The summed E-state index contributed by atoms with van der Waals surface area (Å²) in [6, 6.07) is 47.6. The minimum absolute atomic E-state index is 0.660. The van der Waals surface area contributed by atoms with E-state index in [2.05, 4.69) is 88.0 Å². The first-order valence-electron chi connectivity index (χ1n) is 14.6. The number of benzene rings is 4. The summed E-state index contributed by atoms with van der Waals surface area (Å²) in [4.78, 5) is 20.4. The Morgan fingerprint density at radius 3 is 1.89 bits per heavy atom. The van der Waals surface area contributed by atoms with E-state index >= 15 is 0 Å². The number of nitrogens with zero attached hydrogens (tertiary/aromatic N) is 6. The standard InChI is InChI=1S/C38H24N6/c1-4-13-25(14-5-1)29-23-34(41-38(40-29)26-15-6-2-7-16-26)44-31-21-12-22-39-36(31)37-33(44)24-32-35(42-37)28-19-10-11-20-30(28)43(32)27-17-8-3-9-18-27/h1-24H. The molecule has 206 valence electrons. The topological polar surface area (TPSA) is 61.4 Å². The highest BCUT2D eigenvalue weighted by Gasteiger charge is 2.21. The zero-order valence-corrected chi connectivity index (χ0v) is 23.5. The lowest BCUT2D eigenvalue weighted by Crippen LogP contribution is -2.03. The second-order valence-electron chi connectivity index (χ2n) is 10.8. The predicted molar refractivity (Wildman–Crippen MR) is 177 cm³/mol. The first-order valence-corrected chi connectivity index (χ1v) is 14.6. The number of hydrogen-bond donors (Lipinski definition) is 0. The van der Waals surface area contributed by atoms with Crippen molar-refractivity contribution in [2.24, 2.45) is 0 Å². The molecule has 0 N–H and O–H groups in total. The Bertz CT molecular complexity index is 2420. The highest BCUT2D eigenvalue weighted by atomic mass is 15.1. The summed E-state index contributed by atoms with van der Waals surface area (Å²) in [5.41, 5.74) is 10.5. The Morgan fingerprint density at radius 2 is 1.09 bits per heavy atom. The van der Waals surface area contributed by atoms with Crippen molar-refractivity contribution < 1.29 is 0 Å². The normalized spacial score (nSPS) is 11.6. The zero-order chi connectivity index (χ0) is 29.0. The largest absolute Gasteiger partial charge is 0.308 e. The van der Waals surface area contributed by atoms with Crippen LogP contribution in [-0.4, -0.2) is 29.1 Å². The average Bonchev–Trinajstić information content (AvgIpc) is 3.60. The maximum atomic E-state index is 5.34. The van der Waals surface area contributed by atoms with E-state index in [1.54, 1.807) is 0 Å². The molecule has 6 nitrogen and oxygen atoms in total. The van der Waals surface area contributed by atoms with E-state index in [1.165, 1.54) is 0 Å². The molecular weight excluding hydrogens is 540 g/mol. The summed E-state index contributed by atoms with van der Waals surface area (Å²) in [6.07, 6.45) is 1.83. The van der Waals surface area contributed by atoms with Gasteiger partial charge in [0.05, 0.1) is 33.3 Å². The van der Waals surface area contributed by atoms with Crippen LogP contribution in [0.3, 0.4) is 0 Å². The highest BCUT2D eigenvalue weighted by Crippen LogP contribution is 2.37. The summed E-state index contributed by atoms with van der Waals surface area (Å²) in [6.45, 7) is 0. The molecule has 0 bridgehead atoms. The number of para-hydroxylation sites is 2. The van der Waals surface area contributed by atoms with Crippen LogP contribution in [-0.2, 0) is 0 Å². The molecule has 44 heavy (non-hydrogen) atoms. The van der Waals surface area contributed by atoms with Gasteiger partial charge in [-0.05, 0) is 36.4 Å². The Balaban J connectivity index is 1.41. The van der Waals surface area contributed by atoms with Crippen LogP contribution in [0.15, 0.2) is 146 Å². The zero-order valence-electron chi connectivity index (χ0n) is 23.5. The van der Waals surface area contributed by atoms with Crippen molar-refractivity contribution in [2.75, 3.05) is 0 Å². The van der Waals surface area contributed by atoms with Crippen molar-refractivity contribution in [3.8, 4) is 34.2 Å². The second-order valence-corrected chi connectivity index (χ2v) is 10.8. The maximum absolute atomic E-state index is 5.34. The molecule has 5 aromatic heterocycles. The first-order chi connectivity index (χ1) is 21.8. The lowest BCUT2D eigenvalue weighted by molar-refractivity contribution is 1.04. The molecule has 0 saturated carbocycles. The number of hydrogen-bond acceptors (Lipinski definition) is 4. The molecule has 0 atom stereocenters. The molecule has 0 fully saturated rings. The third kappa shape index (κ3) is 3.75. The summed E-state index contributed by atoms with van der Waals surface area (Å²) in [5, 5.41) is 1.10. The molecule has 5 heterocycles. The van der Waals surface area contributed by atoms with Gasteiger partial charge < -0.3 is 4.57 Å². The molecular formula is C38H24N6. The van der Waals surface area contributed by atoms with Gasteiger partial charge in [-0.15, -0.1) is 0 Å². The van der Waals surface area contributed by atoms with Gasteiger partial charge in [0.1, 0.15) is 16.9 Å². The van der Waals surface area contributed by atoms with Gasteiger partial charge in [0, 0.05) is 34.5 Å². The SMILES string of the molecule is c1ccc(-c2cc(-n3c4cccnc4c4nc5c6ccccc6n(-c6ccccc6)c5cc43)nc(-c3ccccc3)n2)cc1. The Hall–Kier alpha value is -6.14. The molecule has 0 radical (unpaired) electrons. The minimum Gasteiger partial charge on any atom is -0.308 e. The van der Waals surface area contributed by atoms with Crippen molar-refractivity contribution in [2.45, 2.75) is 0 Å². The predicted octanol–water partition coefficient (Wildman–Crippen LogP) is 8.79. The fourth-order valence-corrected chi connectivity index (χ4v) is 6.22. The molecule has 6 heteroatoms. The van der Waals surface area contributed by atoms with Crippen molar-refractivity contribution in [3.63, 3.8) is 0 Å². The third-order valence-electron chi connectivity index (χ3n) is 8.17. The number of aromatic nitrogens is 6. The monoisotopic (exact) mass is 564 g/mol. The summed E-state index contributed by atoms with van der Waals surface area (Å²) >= 11 is 0. The van der Waals surface area contributed by atoms with Gasteiger partial charge in [0.2, 0.25) is 0 Å². The minimum atomic E-state index is 0.660. The van der Waals surface area contributed by atoms with Gasteiger partial charge in [-0.25, -0.2) is 15.0 Å². The lowest BCUT2D eigenvalue weighted by Gasteiger charge is -2.12. The van der Waals surface area contributed by atoms with Crippen LogP contribution in [0.25, 0.3) is 78.2 Å². The number of pyridine rings is 2. The van der Waals surface area contributed by atoms with E-state index in [0.29, 0.717) is 5.82 Å². The third-order valence-corrected chi connectivity index (χ3v) is 8.17. The fourth-order valence-electron chi connectivity index (χ4n) is 6.22. The summed E-state index contributed by atoms with van der Waals surface area (Å²) < 4.78 is 4.47. The van der Waals surface area contributed by atoms with Crippen molar-refractivity contribution >= 4 is 44.0 Å². The lowest BCUT2D eigenvalue weighted by atomic mass is 10.1. The Morgan fingerprint density at radius 1 is 0.432 bits per heavy atom. The molecule has 9 aromatic rings. The molecule has 9 rings (SSSR count). The molecule has 4 aromatic carbocycles. The molecule has 0 saturated heterocycles. The van der Waals surface area contributed by atoms with E-state index in [4.69, 9.17) is 19.9 Å². The molecule has 0 spiro atoms. The number of rotatable bonds is 4. The molecule has 0 amide bonds. The van der Waals surface area contributed by atoms with E-state index in [0.717, 1.165) is 72.3 Å². The van der Waals surface area contributed by atoms with Crippen molar-refractivity contribution in [1.29, 1.82) is 0 Å². The van der Waals surface area contributed by atoms with Crippen LogP contribution in [0, 0.1) is 0 Å². The average molecular weight is 565 g/mol. The van der Waals surface area contributed by atoms with Gasteiger partial charge in [0.15, 0.2) is 5.82 Å². The van der Waals surface area contributed by atoms with Crippen molar-refractivity contribution in [3.05, 3.63) is 146 Å². The van der Waals surface area contributed by atoms with E-state index in [-0.39, 0.29) is 0 Å². The van der Waals surface area contributed by atoms with Gasteiger partial charge in [-0.2, -0.15) is 0 Å². The van der Waals surface area contributed by atoms with E-state index < -0.39 is 0 Å². The molecule has 0 aliphatic carbocycles. The van der Waals surface area contributed by atoms with Crippen LogP contribution in [0.4, 0.5) is 0 Å². The quantitative estimate of drug-likeness (QED) is 0.214. The smallest absolute Gasteiger partial charge is 0.162 e. The molecule has 0 aliphatic heterocycles.